The largest absolute Gasteiger partial charge is 0.354 e. The van der Waals surface area contributed by atoms with E-state index in [4.69, 9.17) is 23.2 Å². The molecule has 0 spiro atoms. The topological polar surface area (TPSA) is 86.8 Å². The van der Waals surface area contributed by atoms with Crippen molar-refractivity contribution in [3.05, 3.63) is 93.0 Å². The predicted molar refractivity (Wildman–Crippen MR) is 171 cm³/mol. The number of nitrogens with one attached hydrogen (secondary N) is 1. The lowest BCUT2D eigenvalue weighted by atomic mass is 10.1. The Hall–Kier alpha value is -3.07. The molecule has 10 heteroatoms. The first-order valence-corrected chi connectivity index (χ1v) is 16.3. The summed E-state index contributed by atoms with van der Waals surface area (Å²) in [5.41, 5.74) is 3.56. The van der Waals surface area contributed by atoms with Gasteiger partial charge in [0.2, 0.25) is 11.8 Å². The molecule has 226 valence electrons. The predicted octanol–water partition coefficient (Wildman–Crippen LogP) is 6.84. The Morgan fingerprint density at radius 3 is 2.17 bits per heavy atom. The van der Waals surface area contributed by atoms with Crippen LogP contribution < -0.4 is 9.62 Å². The number of sulfonamides is 1. The van der Waals surface area contributed by atoms with E-state index in [1.807, 2.05) is 46.8 Å². The molecule has 0 unspecified atom stereocenters. The molecule has 7 nitrogen and oxygen atoms in total. The van der Waals surface area contributed by atoms with Crippen molar-refractivity contribution < 1.29 is 18.0 Å². The molecule has 0 saturated heterocycles. The molecule has 3 aromatic carbocycles. The number of aryl methyl sites for hydroxylation is 3. The van der Waals surface area contributed by atoms with E-state index in [-0.39, 0.29) is 17.3 Å². The molecule has 0 aromatic heterocycles. The lowest BCUT2D eigenvalue weighted by molar-refractivity contribution is -0.140. The summed E-state index contributed by atoms with van der Waals surface area (Å²) in [4.78, 5) is 29.0. The number of carbonyl (C=O) groups excluding carboxylic acids is 2. The first-order chi connectivity index (χ1) is 19.9. The summed E-state index contributed by atoms with van der Waals surface area (Å²) in [5.74, 6) is -0.835. The minimum atomic E-state index is -4.15. The third-order valence-electron chi connectivity index (χ3n) is 7.08. The third kappa shape index (κ3) is 8.27. The molecular formula is C32H39Cl2N3O4S. The summed E-state index contributed by atoms with van der Waals surface area (Å²) in [6.45, 7) is 9.41. The quantitative estimate of drug-likeness (QED) is 0.209. The van der Waals surface area contributed by atoms with Gasteiger partial charge in [-0.05, 0) is 75.1 Å². The van der Waals surface area contributed by atoms with Gasteiger partial charge in [0.1, 0.15) is 12.6 Å². The molecule has 1 atom stereocenters. The van der Waals surface area contributed by atoms with Crippen molar-refractivity contribution in [1.82, 2.24) is 10.2 Å². The summed E-state index contributed by atoms with van der Waals surface area (Å²) in [6, 6.07) is 16.0. The van der Waals surface area contributed by atoms with Crippen LogP contribution in [0.1, 0.15) is 55.4 Å². The zero-order valence-electron chi connectivity index (χ0n) is 24.8. The normalized spacial score (nSPS) is 12.1. The number of hydrogen-bond acceptors (Lipinski definition) is 4. The second-order valence-corrected chi connectivity index (χ2v) is 13.1. The van der Waals surface area contributed by atoms with Gasteiger partial charge in [0.25, 0.3) is 10.0 Å². The van der Waals surface area contributed by atoms with Crippen LogP contribution in [-0.2, 0) is 26.2 Å². The Morgan fingerprint density at radius 1 is 0.905 bits per heavy atom. The van der Waals surface area contributed by atoms with E-state index in [1.165, 1.54) is 17.0 Å². The number of carbonyl (C=O) groups is 2. The molecule has 0 aliphatic carbocycles. The third-order valence-corrected chi connectivity index (χ3v) is 9.44. The molecule has 3 rings (SSSR count). The zero-order valence-corrected chi connectivity index (χ0v) is 27.1. The van der Waals surface area contributed by atoms with Crippen LogP contribution in [0.25, 0.3) is 0 Å². The summed E-state index contributed by atoms with van der Waals surface area (Å²) in [6.07, 6.45) is 2.03. The van der Waals surface area contributed by atoms with E-state index in [0.29, 0.717) is 39.8 Å². The standard InChI is InChI=1S/C32H39Cl2N3O4S/c1-6-8-17-35-32(39)29(7-2)36(20-25-12-13-26(33)19-28(25)34)31(38)21-37(30-16-11-23(4)18-24(30)5)42(40,41)27-14-9-22(3)10-15-27/h9-16,18-19,29H,6-8,17,20-21H2,1-5H3,(H,35,39)/t29-/m1/s1. The molecule has 0 aliphatic heterocycles. The van der Waals surface area contributed by atoms with E-state index in [0.717, 1.165) is 28.3 Å². The van der Waals surface area contributed by atoms with Crippen LogP contribution in [0.15, 0.2) is 65.6 Å². The van der Waals surface area contributed by atoms with E-state index >= 15 is 0 Å². The van der Waals surface area contributed by atoms with Gasteiger partial charge in [0.05, 0.1) is 10.6 Å². The Labute approximate surface area is 259 Å². The average Bonchev–Trinajstić information content (AvgIpc) is 2.93. The fourth-order valence-corrected chi connectivity index (χ4v) is 6.64. The van der Waals surface area contributed by atoms with Gasteiger partial charge in [-0.25, -0.2) is 8.42 Å². The Morgan fingerprint density at radius 2 is 1.57 bits per heavy atom. The van der Waals surface area contributed by atoms with Crippen molar-refractivity contribution in [3.8, 4) is 0 Å². The van der Waals surface area contributed by atoms with Crippen molar-refractivity contribution in [2.75, 3.05) is 17.4 Å². The lowest BCUT2D eigenvalue weighted by Gasteiger charge is -2.33. The van der Waals surface area contributed by atoms with Gasteiger partial charge >= 0.3 is 0 Å². The maximum absolute atomic E-state index is 14.2. The van der Waals surface area contributed by atoms with Crippen molar-refractivity contribution in [1.29, 1.82) is 0 Å². The lowest BCUT2D eigenvalue weighted by Crippen LogP contribution is -2.52. The second-order valence-electron chi connectivity index (χ2n) is 10.4. The number of anilines is 1. The van der Waals surface area contributed by atoms with Gasteiger partial charge in [0, 0.05) is 23.1 Å². The minimum Gasteiger partial charge on any atom is -0.354 e. The summed E-state index contributed by atoms with van der Waals surface area (Å²) in [5, 5.41) is 3.71. The zero-order chi connectivity index (χ0) is 31.0. The summed E-state index contributed by atoms with van der Waals surface area (Å²) < 4.78 is 29.3. The first-order valence-electron chi connectivity index (χ1n) is 14.1. The van der Waals surface area contributed by atoms with E-state index in [9.17, 15) is 18.0 Å². The van der Waals surface area contributed by atoms with Crippen molar-refractivity contribution >= 4 is 50.7 Å². The van der Waals surface area contributed by atoms with Crippen LogP contribution in [0.4, 0.5) is 5.69 Å². The maximum Gasteiger partial charge on any atom is 0.264 e. The van der Waals surface area contributed by atoms with E-state index < -0.39 is 28.5 Å². The highest BCUT2D eigenvalue weighted by atomic mass is 35.5. The smallest absolute Gasteiger partial charge is 0.264 e. The molecule has 3 aromatic rings. The van der Waals surface area contributed by atoms with Crippen LogP contribution in [-0.4, -0.2) is 44.3 Å². The highest BCUT2D eigenvalue weighted by Gasteiger charge is 2.34. The molecule has 0 fully saturated rings. The number of rotatable bonds is 13. The van der Waals surface area contributed by atoms with Crippen LogP contribution >= 0.6 is 23.2 Å². The van der Waals surface area contributed by atoms with Crippen molar-refractivity contribution in [2.24, 2.45) is 0 Å². The van der Waals surface area contributed by atoms with Gasteiger partial charge in [-0.2, -0.15) is 0 Å². The van der Waals surface area contributed by atoms with Crippen LogP contribution in [0.3, 0.4) is 0 Å². The molecule has 0 aliphatic rings. The number of hydrogen-bond donors (Lipinski definition) is 1. The Kier molecular flexibility index (Phi) is 11.9. The molecule has 0 radical (unpaired) electrons. The monoisotopic (exact) mass is 631 g/mol. The molecule has 0 saturated carbocycles. The van der Waals surface area contributed by atoms with Crippen LogP contribution in [0.5, 0.6) is 0 Å². The average molecular weight is 633 g/mol. The maximum atomic E-state index is 14.2. The molecular weight excluding hydrogens is 593 g/mol. The Balaban J connectivity index is 2.09. The van der Waals surface area contributed by atoms with Crippen molar-refractivity contribution in [3.63, 3.8) is 0 Å². The SMILES string of the molecule is CCCCNC(=O)[C@@H](CC)N(Cc1ccc(Cl)cc1Cl)C(=O)CN(c1ccc(C)cc1C)S(=O)(=O)c1ccc(C)cc1. The van der Waals surface area contributed by atoms with Crippen LogP contribution in [0, 0.1) is 20.8 Å². The fraction of sp³-hybridized carbons (Fsp3) is 0.375. The van der Waals surface area contributed by atoms with Gasteiger partial charge < -0.3 is 10.2 Å². The fourth-order valence-electron chi connectivity index (χ4n) is 4.70. The molecule has 0 bridgehead atoms. The van der Waals surface area contributed by atoms with E-state index in [2.05, 4.69) is 5.32 Å². The second kappa shape index (κ2) is 14.9. The molecule has 2 amide bonds. The number of halogens is 2. The van der Waals surface area contributed by atoms with Gasteiger partial charge in [-0.3, -0.25) is 13.9 Å². The number of nitrogens with zero attached hydrogens (tertiary/aromatic N) is 2. The number of unbranched alkanes of at least 4 members (excludes halogenated alkanes) is 1. The van der Waals surface area contributed by atoms with Gasteiger partial charge in [-0.1, -0.05) is 84.9 Å². The highest BCUT2D eigenvalue weighted by Crippen LogP contribution is 2.29. The highest BCUT2D eigenvalue weighted by molar-refractivity contribution is 7.92. The first kappa shape index (κ1) is 33.4. The molecule has 42 heavy (non-hydrogen) atoms. The van der Waals surface area contributed by atoms with E-state index in [1.54, 1.807) is 36.4 Å². The van der Waals surface area contributed by atoms with Gasteiger partial charge in [-0.15, -0.1) is 0 Å². The molecule has 1 N–H and O–H groups in total. The van der Waals surface area contributed by atoms with Crippen LogP contribution in [0.2, 0.25) is 10.0 Å². The summed E-state index contributed by atoms with van der Waals surface area (Å²) >= 11 is 12.6. The number of benzene rings is 3. The number of amides is 2. The minimum absolute atomic E-state index is 0.000159. The van der Waals surface area contributed by atoms with Gasteiger partial charge in [0.15, 0.2) is 0 Å². The Bertz CT molecular complexity index is 1510. The molecule has 0 heterocycles. The summed E-state index contributed by atoms with van der Waals surface area (Å²) in [7, 11) is -4.15. The van der Waals surface area contributed by atoms with Crippen molar-refractivity contribution in [2.45, 2.75) is 71.4 Å².